The van der Waals surface area contributed by atoms with E-state index in [1.807, 2.05) is 6.92 Å². The molecule has 3 rings (SSSR count). The van der Waals surface area contributed by atoms with Crippen LogP contribution in [0.15, 0.2) is 30.5 Å². The number of nitrogens with zero attached hydrogens (tertiary/aromatic N) is 1. The lowest BCUT2D eigenvalue weighted by Crippen LogP contribution is -2.09. The van der Waals surface area contributed by atoms with Gasteiger partial charge in [-0.25, -0.2) is 9.37 Å². The molecule has 19 heavy (non-hydrogen) atoms. The molecule has 1 aromatic carbocycles. The van der Waals surface area contributed by atoms with Crippen molar-refractivity contribution in [2.45, 2.75) is 6.92 Å². The van der Waals surface area contributed by atoms with Crippen molar-refractivity contribution in [1.29, 1.82) is 0 Å². The van der Waals surface area contributed by atoms with E-state index < -0.39 is 0 Å². The van der Waals surface area contributed by atoms with Crippen LogP contribution in [-0.4, -0.2) is 10.9 Å². The molecule has 0 spiro atoms. The van der Waals surface area contributed by atoms with Crippen LogP contribution < -0.4 is 5.32 Å². The number of hydrogen-bond acceptors (Lipinski definition) is 4. The Labute approximate surface area is 116 Å². The third-order valence-corrected chi connectivity index (χ3v) is 4.50. The second kappa shape index (κ2) is 4.71. The molecule has 96 valence electrons. The van der Waals surface area contributed by atoms with Crippen molar-refractivity contribution >= 4 is 43.8 Å². The molecule has 0 radical (unpaired) electrons. The highest BCUT2D eigenvalue weighted by atomic mass is 32.1. The van der Waals surface area contributed by atoms with Crippen LogP contribution >= 0.6 is 22.7 Å². The predicted octanol–water partition coefficient (Wildman–Crippen LogP) is 4.06. The average Bonchev–Trinajstić information content (AvgIpc) is 2.96. The molecular formula is C13H9FN2OS2. The van der Waals surface area contributed by atoms with Crippen molar-refractivity contribution in [1.82, 2.24) is 4.98 Å². The van der Waals surface area contributed by atoms with Crippen LogP contribution in [0.25, 0.3) is 10.1 Å². The smallest absolute Gasteiger partial charge is 0.267 e. The Kier molecular flexibility index (Phi) is 3.04. The molecule has 0 saturated carbocycles. The highest BCUT2D eigenvalue weighted by molar-refractivity contribution is 7.21. The molecule has 0 unspecified atom stereocenters. The molecule has 0 fully saturated rings. The van der Waals surface area contributed by atoms with Gasteiger partial charge in [-0.3, -0.25) is 10.1 Å². The summed E-state index contributed by atoms with van der Waals surface area (Å²) in [4.78, 5) is 17.6. The zero-order chi connectivity index (χ0) is 13.4. The van der Waals surface area contributed by atoms with Crippen molar-refractivity contribution in [2.75, 3.05) is 5.32 Å². The maximum atomic E-state index is 13.6. The highest BCUT2D eigenvalue weighted by Gasteiger charge is 2.13. The van der Waals surface area contributed by atoms with Crippen molar-refractivity contribution in [3.05, 3.63) is 46.0 Å². The topological polar surface area (TPSA) is 42.0 Å². The number of anilines is 1. The quantitative estimate of drug-likeness (QED) is 0.774. The molecule has 0 atom stereocenters. The molecule has 3 nitrogen and oxygen atoms in total. The van der Waals surface area contributed by atoms with Crippen LogP contribution in [0.2, 0.25) is 0 Å². The van der Waals surface area contributed by atoms with E-state index in [0.29, 0.717) is 15.4 Å². The van der Waals surface area contributed by atoms with E-state index >= 15 is 0 Å². The number of nitrogens with one attached hydrogen (secondary N) is 1. The van der Waals surface area contributed by atoms with Gasteiger partial charge in [-0.05, 0) is 25.1 Å². The summed E-state index contributed by atoms with van der Waals surface area (Å²) in [5, 5.41) is 3.75. The van der Waals surface area contributed by atoms with Gasteiger partial charge in [0.25, 0.3) is 5.91 Å². The molecule has 1 N–H and O–H groups in total. The van der Waals surface area contributed by atoms with Gasteiger partial charge in [0, 0.05) is 21.2 Å². The molecule has 1 amide bonds. The minimum atomic E-state index is -0.308. The predicted molar refractivity (Wildman–Crippen MR) is 76.6 cm³/mol. The van der Waals surface area contributed by atoms with Gasteiger partial charge in [-0.2, -0.15) is 0 Å². The lowest BCUT2D eigenvalue weighted by atomic mass is 10.2. The summed E-state index contributed by atoms with van der Waals surface area (Å²) >= 11 is 2.68. The summed E-state index contributed by atoms with van der Waals surface area (Å²) in [6, 6.07) is 6.40. The van der Waals surface area contributed by atoms with Crippen LogP contribution in [0.4, 0.5) is 9.52 Å². The van der Waals surface area contributed by atoms with E-state index in [0.717, 1.165) is 9.58 Å². The van der Waals surface area contributed by atoms with Gasteiger partial charge >= 0.3 is 0 Å². The van der Waals surface area contributed by atoms with E-state index in [1.165, 1.54) is 28.7 Å². The fourth-order valence-electron chi connectivity index (χ4n) is 1.71. The zero-order valence-corrected chi connectivity index (χ0v) is 11.6. The Morgan fingerprint density at radius 1 is 1.37 bits per heavy atom. The van der Waals surface area contributed by atoms with Gasteiger partial charge in [0.15, 0.2) is 5.13 Å². The lowest BCUT2D eigenvalue weighted by Gasteiger charge is -1.96. The third kappa shape index (κ3) is 2.36. The highest BCUT2D eigenvalue weighted by Crippen LogP contribution is 2.28. The van der Waals surface area contributed by atoms with Gasteiger partial charge in [-0.1, -0.05) is 6.07 Å². The fourth-order valence-corrected chi connectivity index (χ4v) is 3.34. The summed E-state index contributed by atoms with van der Waals surface area (Å²) in [6.45, 7) is 1.92. The van der Waals surface area contributed by atoms with Crippen LogP contribution in [0.1, 0.15) is 14.5 Å². The van der Waals surface area contributed by atoms with Crippen molar-refractivity contribution < 1.29 is 9.18 Å². The number of benzene rings is 1. The normalized spacial score (nSPS) is 10.8. The van der Waals surface area contributed by atoms with E-state index in [-0.39, 0.29) is 11.7 Å². The standard InChI is InChI=1S/C13H9FN2OS2/c1-7-6-15-13(18-7)16-12(17)11-5-8-9(14)3-2-4-10(8)19-11/h2-6H,1H3,(H,15,16,17). The van der Waals surface area contributed by atoms with Crippen LogP contribution in [-0.2, 0) is 0 Å². The number of aromatic nitrogens is 1. The van der Waals surface area contributed by atoms with Gasteiger partial charge in [0.1, 0.15) is 5.82 Å². The molecule has 0 aliphatic rings. The van der Waals surface area contributed by atoms with Crippen LogP contribution in [0.5, 0.6) is 0 Å². The minimum absolute atomic E-state index is 0.255. The number of carbonyl (C=O) groups is 1. The van der Waals surface area contributed by atoms with Gasteiger partial charge in [0.05, 0.1) is 4.88 Å². The number of aryl methyl sites for hydroxylation is 1. The number of rotatable bonds is 2. The summed E-state index contributed by atoms with van der Waals surface area (Å²) in [7, 11) is 0. The Balaban J connectivity index is 1.91. The molecule has 0 aliphatic heterocycles. The first-order valence-electron chi connectivity index (χ1n) is 5.55. The molecule has 0 saturated heterocycles. The second-order valence-electron chi connectivity index (χ2n) is 3.99. The van der Waals surface area contributed by atoms with Crippen molar-refractivity contribution in [2.24, 2.45) is 0 Å². The lowest BCUT2D eigenvalue weighted by molar-refractivity contribution is 0.103. The summed E-state index contributed by atoms with van der Waals surface area (Å²) in [5.74, 6) is -0.562. The first kappa shape index (κ1) is 12.3. The number of thiophene rings is 1. The van der Waals surface area contributed by atoms with Gasteiger partial charge in [0.2, 0.25) is 0 Å². The number of fused-ring (bicyclic) bond motifs is 1. The summed E-state index contributed by atoms with van der Waals surface area (Å²) in [6.07, 6.45) is 1.70. The first-order chi connectivity index (χ1) is 9.13. The van der Waals surface area contributed by atoms with Crippen molar-refractivity contribution in [3.8, 4) is 0 Å². The van der Waals surface area contributed by atoms with Crippen LogP contribution in [0, 0.1) is 12.7 Å². The molecule has 6 heteroatoms. The number of hydrogen-bond donors (Lipinski definition) is 1. The van der Waals surface area contributed by atoms with E-state index in [9.17, 15) is 9.18 Å². The van der Waals surface area contributed by atoms with Gasteiger partial charge < -0.3 is 0 Å². The largest absolute Gasteiger partial charge is 0.297 e. The van der Waals surface area contributed by atoms with E-state index in [1.54, 1.807) is 24.4 Å². The molecule has 2 heterocycles. The Hall–Kier alpha value is -1.79. The molecule has 0 aliphatic carbocycles. The number of carbonyl (C=O) groups excluding carboxylic acids is 1. The Bertz CT molecular complexity index is 763. The summed E-state index contributed by atoms with van der Waals surface area (Å²) in [5.41, 5.74) is 0. The maximum Gasteiger partial charge on any atom is 0.267 e. The Morgan fingerprint density at radius 2 is 2.21 bits per heavy atom. The molecule has 0 bridgehead atoms. The van der Waals surface area contributed by atoms with Gasteiger partial charge in [-0.15, -0.1) is 22.7 Å². The molecule has 2 aromatic heterocycles. The average molecular weight is 292 g/mol. The SMILES string of the molecule is Cc1cnc(NC(=O)c2cc3c(F)cccc3s2)s1. The number of amides is 1. The minimum Gasteiger partial charge on any atom is -0.297 e. The summed E-state index contributed by atoms with van der Waals surface area (Å²) < 4.78 is 14.3. The first-order valence-corrected chi connectivity index (χ1v) is 7.18. The van der Waals surface area contributed by atoms with E-state index in [4.69, 9.17) is 0 Å². The fraction of sp³-hybridized carbons (Fsp3) is 0.0769. The third-order valence-electron chi connectivity index (χ3n) is 2.57. The maximum absolute atomic E-state index is 13.6. The van der Waals surface area contributed by atoms with Crippen LogP contribution in [0.3, 0.4) is 0 Å². The second-order valence-corrected chi connectivity index (χ2v) is 6.31. The molecule has 3 aromatic rings. The zero-order valence-electron chi connectivity index (χ0n) is 9.94. The molecular weight excluding hydrogens is 283 g/mol. The number of halogens is 1. The van der Waals surface area contributed by atoms with E-state index in [2.05, 4.69) is 10.3 Å². The monoisotopic (exact) mass is 292 g/mol. The number of thiazole rings is 1. The van der Waals surface area contributed by atoms with Crippen molar-refractivity contribution in [3.63, 3.8) is 0 Å². The Morgan fingerprint density at radius 3 is 2.89 bits per heavy atom.